The molecular weight excluding hydrogens is 408 g/mol. The average Bonchev–Trinajstić information content (AvgIpc) is 3.33. The van der Waals surface area contributed by atoms with Gasteiger partial charge in [-0.05, 0) is 49.9 Å². The van der Waals surface area contributed by atoms with Crippen LogP contribution in [0.4, 0.5) is 0 Å². The number of hydrogen-bond acceptors (Lipinski definition) is 5. The third-order valence-corrected chi connectivity index (χ3v) is 6.42. The van der Waals surface area contributed by atoms with Crippen molar-refractivity contribution >= 4 is 11.8 Å². The van der Waals surface area contributed by atoms with E-state index in [1.54, 1.807) is 19.2 Å². The third-order valence-electron chi connectivity index (χ3n) is 6.42. The van der Waals surface area contributed by atoms with Crippen molar-refractivity contribution in [2.24, 2.45) is 5.92 Å². The second kappa shape index (κ2) is 10.6. The van der Waals surface area contributed by atoms with E-state index >= 15 is 0 Å². The quantitative estimate of drug-likeness (QED) is 0.699. The molecule has 0 unspecified atom stereocenters. The first-order valence-electron chi connectivity index (χ1n) is 11.6. The van der Waals surface area contributed by atoms with Crippen molar-refractivity contribution in [2.45, 2.75) is 57.6 Å². The second-order valence-corrected chi connectivity index (χ2v) is 8.61. The number of benzene rings is 1. The lowest BCUT2D eigenvalue weighted by Gasteiger charge is -2.35. The lowest BCUT2D eigenvalue weighted by Crippen LogP contribution is -2.48. The maximum absolute atomic E-state index is 12.7. The van der Waals surface area contributed by atoms with Crippen molar-refractivity contribution in [3.05, 3.63) is 47.9 Å². The predicted molar refractivity (Wildman–Crippen MR) is 120 cm³/mol. The average molecular weight is 441 g/mol. The minimum atomic E-state index is -0.231. The number of amides is 2. The van der Waals surface area contributed by atoms with Gasteiger partial charge >= 0.3 is 0 Å². The maximum atomic E-state index is 12.7. The molecule has 1 aromatic heterocycles. The molecule has 2 aliphatic rings. The summed E-state index contributed by atoms with van der Waals surface area (Å²) < 4.78 is 16.7. The van der Waals surface area contributed by atoms with Crippen LogP contribution < -0.4 is 14.8 Å². The van der Waals surface area contributed by atoms with E-state index in [9.17, 15) is 9.59 Å². The number of likely N-dealkylation sites (tertiary alicyclic amines) is 1. The first kappa shape index (κ1) is 22.2. The van der Waals surface area contributed by atoms with Crippen molar-refractivity contribution < 1.29 is 23.5 Å². The van der Waals surface area contributed by atoms with Gasteiger partial charge in [-0.15, -0.1) is 0 Å². The number of nitrogens with one attached hydrogen (secondary N) is 1. The van der Waals surface area contributed by atoms with E-state index in [4.69, 9.17) is 13.9 Å². The molecule has 2 heterocycles. The summed E-state index contributed by atoms with van der Waals surface area (Å²) in [5.74, 6) is 2.37. The smallest absolute Gasteiger partial charge is 0.287 e. The number of piperidine rings is 1. The van der Waals surface area contributed by atoms with Crippen LogP contribution in [0.5, 0.6) is 11.5 Å². The summed E-state index contributed by atoms with van der Waals surface area (Å²) >= 11 is 0. The van der Waals surface area contributed by atoms with Crippen LogP contribution in [-0.2, 0) is 11.4 Å². The van der Waals surface area contributed by atoms with Crippen LogP contribution in [0.1, 0.15) is 61.3 Å². The van der Waals surface area contributed by atoms with Gasteiger partial charge in [0.2, 0.25) is 5.91 Å². The number of ether oxygens (including phenoxy) is 2. The molecule has 32 heavy (non-hydrogen) atoms. The van der Waals surface area contributed by atoms with E-state index in [0.29, 0.717) is 36.3 Å². The summed E-state index contributed by atoms with van der Waals surface area (Å²) in [7, 11) is 1.59. The molecule has 4 rings (SSSR count). The number of furan rings is 1. The highest BCUT2D eigenvalue weighted by Crippen LogP contribution is 2.28. The summed E-state index contributed by atoms with van der Waals surface area (Å²) in [6.07, 6.45) is 7.17. The third kappa shape index (κ3) is 5.44. The molecule has 172 valence electrons. The van der Waals surface area contributed by atoms with Gasteiger partial charge in [0.15, 0.2) is 17.3 Å². The Morgan fingerprint density at radius 3 is 2.44 bits per heavy atom. The molecular formula is C25H32N2O5. The van der Waals surface area contributed by atoms with Crippen molar-refractivity contribution in [1.82, 2.24) is 10.2 Å². The second-order valence-electron chi connectivity index (χ2n) is 8.61. The molecule has 7 heteroatoms. The Morgan fingerprint density at radius 2 is 1.72 bits per heavy atom. The van der Waals surface area contributed by atoms with Crippen molar-refractivity contribution in [3.63, 3.8) is 0 Å². The van der Waals surface area contributed by atoms with Crippen LogP contribution in [0.3, 0.4) is 0 Å². The van der Waals surface area contributed by atoms with Crippen LogP contribution in [0.2, 0.25) is 0 Å². The molecule has 1 aliphatic carbocycles. The number of carbonyl (C=O) groups excluding carboxylic acids is 2. The molecule has 1 aliphatic heterocycles. The number of carbonyl (C=O) groups is 2. The van der Waals surface area contributed by atoms with Crippen molar-refractivity contribution in [1.29, 1.82) is 0 Å². The summed E-state index contributed by atoms with van der Waals surface area (Å²) in [5, 5.41) is 3.05. The monoisotopic (exact) mass is 440 g/mol. The predicted octanol–water partition coefficient (Wildman–Crippen LogP) is 4.17. The Kier molecular flexibility index (Phi) is 7.35. The van der Waals surface area contributed by atoms with Gasteiger partial charge in [0.05, 0.1) is 7.11 Å². The van der Waals surface area contributed by atoms with Gasteiger partial charge in [0, 0.05) is 25.0 Å². The van der Waals surface area contributed by atoms with Gasteiger partial charge in [-0.25, -0.2) is 0 Å². The van der Waals surface area contributed by atoms with Crippen LogP contribution in [0.15, 0.2) is 40.8 Å². The summed E-state index contributed by atoms with van der Waals surface area (Å²) in [6, 6.07) is 10.8. The SMILES string of the molecule is COc1ccccc1OCc1ccc(C(=O)NC2CCN(C(=O)C3CCCCC3)CC2)o1. The van der Waals surface area contributed by atoms with Gasteiger partial charge in [0.1, 0.15) is 12.4 Å². The molecule has 1 N–H and O–H groups in total. The fourth-order valence-electron chi connectivity index (χ4n) is 4.57. The Bertz CT molecular complexity index is 911. The van der Waals surface area contributed by atoms with Gasteiger partial charge < -0.3 is 24.1 Å². The Balaban J connectivity index is 1.23. The van der Waals surface area contributed by atoms with Gasteiger partial charge in [-0.2, -0.15) is 0 Å². The molecule has 0 bridgehead atoms. The highest BCUT2D eigenvalue weighted by Gasteiger charge is 2.30. The zero-order valence-corrected chi connectivity index (χ0v) is 18.7. The molecule has 1 aromatic carbocycles. The highest BCUT2D eigenvalue weighted by atomic mass is 16.5. The first-order chi connectivity index (χ1) is 15.6. The van der Waals surface area contributed by atoms with Crippen LogP contribution in [-0.4, -0.2) is 43.0 Å². The topological polar surface area (TPSA) is 81.0 Å². The number of para-hydroxylation sites is 2. The molecule has 0 radical (unpaired) electrons. The molecule has 0 spiro atoms. The lowest BCUT2D eigenvalue weighted by atomic mass is 9.87. The van der Waals surface area contributed by atoms with Crippen LogP contribution >= 0.6 is 0 Å². The first-order valence-corrected chi connectivity index (χ1v) is 11.6. The zero-order chi connectivity index (χ0) is 22.3. The van der Waals surface area contributed by atoms with Gasteiger partial charge in [0.25, 0.3) is 5.91 Å². The van der Waals surface area contributed by atoms with Crippen molar-refractivity contribution in [3.8, 4) is 11.5 Å². The van der Waals surface area contributed by atoms with E-state index in [-0.39, 0.29) is 30.2 Å². The standard InChI is InChI=1S/C25H32N2O5/c1-30-21-9-5-6-10-22(21)31-17-20-11-12-23(32-20)24(28)26-19-13-15-27(16-14-19)25(29)18-7-3-2-4-8-18/h5-6,9-12,18-19H,2-4,7-8,13-17H2,1H3,(H,26,28). The van der Waals surface area contributed by atoms with E-state index in [0.717, 1.165) is 38.5 Å². The molecule has 0 atom stereocenters. The Morgan fingerprint density at radius 1 is 1.00 bits per heavy atom. The van der Waals surface area contributed by atoms with Crippen LogP contribution in [0.25, 0.3) is 0 Å². The Labute approximate surface area is 189 Å². The molecule has 2 amide bonds. The van der Waals surface area contributed by atoms with E-state index in [1.165, 1.54) is 6.42 Å². The zero-order valence-electron chi connectivity index (χ0n) is 18.7. The van der Waals surface area contributed by atoms with Gasteiger partial charge in [-0.3, -0.25) is 9.59 Å². The summed E-state index contributed by atoms with van der Waals surface area (Å²) in [4.78, 5) is 27.3. The van der Waals surface area contributed by atoms with E-state index < -0.39 is 0 Å². The largest absolute Gasteiger partial charge is 0.493 e. The fraction of sp³-hybridized carbons (Fsp3) is 0.520. The number of nitrogens with zero attached hydrogens (tertiary/aromatic N) is 1. The Hall–Kier alpha value is -2.96. The van der Waals surface area contributed by atoms with Crippen molar-refractivity contribution in [2.75, 3.05) is 20.2 Å². The molecule has 7 nitrogen and oxygen atoms in total. The minimum Gasteiger partial charge on any atom is -0.493 e. The maximum Gasteiger partial charge on any atom is 0.287 e. The minimum absolute atomic E-state index is 0.0521. The van der Waals surface area contributed by atoms with E-state index in [1.807, 2.05) is 29.2 Å². The molecule has 2 fully saturated rings. The molecule has 1 saturated carbocycles. The number of methoxy groups -OCH3 is 1. The number of hydrogen-bond donors (Lipinski definition) is 1. The van der Waals surface area contributed by atoms with Gasteiger partial charge in [-0.1, -0.05) is 31.4 Å². The molecule has 1 saturated heterocycles. The van der Waals surface area contributed by atoms with E-state index in [2.05, 4.69) is 5.32 Å². The fourth-order valence-corrected chi connectivity index (χ4v) is 4.57. The highest BCUT2D eigenvalue weighted by molar-refractivity contribution is 5.91. The number of rotatable bonds is 7. The summed E-state index contributed by atoms with van der Waals surface area (Å²) in [5.41, 5.74) is 0. The summed E-state index contributed by atoms with van der Waals surface area (Å²) in [6.45, 7) is 1.61. The normalized spacial score (nSPS) is 17.7. The van der Waals surface area contributed by atoms with Crippen LogP contribution in [0, 0.1) is 5.92 Å². The molecule has 2 aromatic rings. The lowest BCUT2D eigenvalue weighted by molar-refractivity contribution is -0.137.